The van der Waals surface area contributed by atoms with Crippen LogP contribution in [0.25, 0.3) is 17.4 Å². The van der Waals surface area contributed by atoms with Crippen LogP contribution in [0, 0.1) is 13.8 Å². The predicted molar refractivity (Wildman–Crippen MR) is 119 cm³/mol. The number of alkyl halides is 1. The van der Waals surface area contributed by atoms with Gasteiger partial charge in [0.05, 0.1) is 28.5 Å². The molecule has 4 heterocycles. The van der Waals surface area contributed by atoms with Crippen molar-refractivity contribution >= 4 is 17.4 Å². The van der Waals surface area contributed by atoms with Crippen molar-refractivity contribution in [1.29, 1.82) is 0 Å². The Kier molecular flexibility index (Phi) is 6.08. The van der Waals surface area contributed by atoms with Crippen LogP contribution >= 0.6 is 0 Å². The van der Waals surface area contributed by atoms with Crippen molar-refractivity contribution in [3.63, 3.8) is 0 Å². The second-order valence-electron chi connectivity index (χ2n) is 8.06. The third kappa shape index (κ3) is 4.64. The summed E-state index contributed by atoms with van der Waals surface area (Å²) in [4.78, 5) is 28.3. The van der Waals surface area contributed by atoms with Gasteiger partial charge in [-0.1, -0.05) is 6.07 Å². The maximum absolute atomic E-state index is 12.8. The van der Waals surface area contributed by atoms with Crippen LogP contribution in [0.1, 0.15) is 47.1 Å². The summed E-state index contributed by atoms with van der Waals surface area (Å²) < 4.78 is 14.1. The highest BCUT2D eigenvalue weighted by molar-refractivity contribution is 5.77. The van der Waals surface area contributed by atoms with E-state index in [1.165, 1.54) is 6.07 Å². The summed E-state index contributed by atoms with van der Waals surface area (Å²) in [6.07, 6.45) is 7.16. The number of rotatable bonds is 5. The van der Waals surface area contributed by atoms with Crippen molar-refractivity contribution in [3.8, 4) is 0 Å². The summed E-state index contributed by atoms with van der Waals surface area (Å²) in [6, 6.07) is 5.33. The van der Waals surface area contributed by atoms with Crippen LogP contribution in [-0.2, 0) is 0 Å². The molecule has 0 unspecified atom stereocenters. The summed E-state index contributed by atoms with van der Waals surface area (Å²) in [7, 11) is 0. The molecule has 0 amide bonds. The van der Waals surface area contributed by atoms with Crippen molar-refractivity contribution in [1.82, 2.24) is 24.3 Å². The lowest BCUT2D eigenvalue weighted by Gasteiger charge is -2.31. The average molecular weight is 423 g/mol. The van der Waals surface area contributed by atoms with Crippen LogP contribution in [0.2, 0.25) is 0 Å². The monoisotopic (exact) mass is 422 g/mol. The van der Waals surface area contributed by atoms with Gasteiger partial charge in [0.2, 0.25) is 0 Å². The molecule has 0 saturated carbocycles. The second-order valence-corrected chi connectivity index (χ2v) is 8.06. The maximum atomic E-state index is 12.8. The van der Waals surface area contributed by atoms with Gasteiger partial charge in [-0.15, -0.1) is 0 Å². The van der Waals surface area contributed by atoms with Crippen molar-refractivity contribution in [2.24, 2.45) is 5.73 Å². The summed E-state index contributed by atoms with van der Waals surface area (Å²) in [5.74, 6) is 0.361. The number of aromatic nitrogens is 4. The van der Waals surface area contributed by atoms with Crippen LogP contribution in [-0.4, -0.2) is 50.6 Å². The number of hydrogen-bond acceptors (Lipinski definition) is 6. The third-order valence-corrected chi connectivity index (χ3v) is 5.84. The van der Waals surface area contributed by atoms with Gasteiger partial charge in [0.1, 0.15) is 12.3 Å². The SMILES string of the molecule is Cc1cnc(C=C(N)c2cc(=O)n3cc(C4CCN(CCF)CC4)ccc3n2)c(C)n1. The fourth-order valence-corrected chi connectivity index (χ4v) is 4.09. The smallest absolute Gasteiger partial charge is 0.258 e. The van der Waals surface area contributed by atoms with Crippen LogP contribution in [0.5, 0.6) is 0 Å². The normalized spacial score (nSPS) is 16.2. The largest absolute Gasteiger partial charge is 0.397 e. The Hall–Kier alpha value is -3.13. The zero-order valence-electron chi connectivity index (χ0n) is 17.9. The minimum Gasteiger partial charge on any atom is -0.397 e. The van der Waals surface area contributed by atoms with E-state index in [0.29, 0.717) is 35.2 Å². The van der Waals surface area contributed by atoms with Crippen LogP contribution in [0.4, 0.5) is 4.39 Å². The summed E-state index contributed by atoms with van der Waals surface area (Å²) in [5.41, 5.74) is 10.7. The summed E-state index contributed by atoms with van der Waals surface area (Å²) >= 11 is 0. The van der Waals surface area contributed by atoms with Crippen LogP contribution in [0.3, 0.4) is 0 Å². The van der Waals surface area contributed by atoms with Crippen LogP contribution < -0.4 is 11.3 Å². The van der Waals surface area contributed by atoms with Gasteiger partial charge in [0.25, 0.3) is 5.56 Å². The molecular weight excluding hydrogens is 395 g/mol. The predicted octanol–water partition coefficient (Wildman–Crippen LogP) is 2.71. The van der Waals surface area contributed by atoms with Gasteiger partial charge in [0, 0.05) is 25.0 Å². The van der Waals surface area contributed by atoms with E-state index in [0.717, 1.165) is 42.9 Å². The molecule has 0 aliphatic carbocycles. The van der Waals surface area contributed by atoms with Crippen molar-refractivity contribution in [2.45, 2.75) is 32.6 Å². The molecule has 3 aromatic rings. The zero-order valence-corrected chi connectivity index (χ0v) is 17.9. The van der Waals surface area contributed by atoms with Crippen molar-refractivity contribution in [3.05, 3.63) is 69.3 Å². The molecule has 1 fully saturated rings. The summed E-state index contributed by atoms with van der Waals surface area (Å²) in [5, 5.41) is 0. The molecule has 2 N–H and O–H groups in total. The fourth-order valence-electron chi connectivity index (χ4n) is 4.09. The number of aryl methyl sites for hydroxylation is 2. The quantitative estimate of drug-likeness (QED) is 0.680. The van der Waals surface area contributed by atoms with E-state index in [-0.39, 0.29) is 12.2 Å². The average Bonchev–Trinajstić information content (AvgIpc) is 2.76. The van der Waals surface area contributed by atoms with Crippen molar-refractivity contribution < 1.29 is 4.39 Å². The molecule has 0 bridgehead atoms. The molecule has 31 heavy (non-hydrogen) atoms. The number of pyridine rings is 1. The molecule has 1 aliphatic heterocycles. The first kappa shape index (κ1) is 21.1. The molecule has 162 valence electrons. The molecule has 0 atom stereocenters. The number of piperidine rings is 1. The lowest BCUT2D eigenvalue weighted by Crippen LogP contribution is -2.34. The number of nitrogens with two attached hydrogens (primary N) is 1. The highest BCUT2D eigenvalue weighted by Gasteiger charge is 2.21. The molecule has 1 saturated heterocycles. The van der Waals surface area contributed by atoms with E-state index in [1.54, 1.807) is 16.7 Å². The fraction of sp³-hybridized carbons (Fsp3) is 0.391. The Morgan fingerprint density at radius 3 is 2.74 bits per heavy atom. The lowest BCUT2D eigenvalue weighted by molar-refractivity contribution is 0.197. The van der Waals surface area contributed by atoms with Gasteiger partial charge in [0.15, 0.2) is 0 Å². The zero-order chi connectivity index (χ0) is 22.0. The van der Waals surface area contributed by atoms with Gasteiger partial charge in [-0.2, -0.15) is 0 Å². The molecule has 0 radical (unpaired) electrons. The van der Waals surface area contributed by atoms with Crippen molar-refractivity contribution in [2.75, 3.05) is 26.3 Å². The minimum absolute atomic E-state index is 0.181. The van der Waals surface area contributed by atoms with Gasteiger partial charge in [-0.25, -0.2) is 9.37 Å². The number of hydrogen-bond donors (Lipinski definition) is 1. The van der Waals surface area contributed by atoms with Crippen LogP contribution in [0.15, 0.2) is 35.4 Å². The number of likely N-dealkylation sites (tertiary alicyclic amines) is 1. The highest BCUT2D eigenvalue weighted by Crippen LogP contribution is 2.28. The second kappa shape index (κ2) is 8.93. The highest BCUT2D eigenvalue weighted by atomic mass is 19.1. The van der Waals surface area contributed by atoms with Gasteiger partial charge in [-0.05, 0) is 63.4 Å². The Balaban J connectivity index is 1.60. The topological polar surface area (TPSA) is 89.4 Å². The molecule has 0 spiro atoms. The third-order valence-electron chi connectivity index (χ3n) is 5.84. The Bertz CT molecular complexity index is 1180. The van der Waals surface area contributed by atoms with E-state index in [2.05, 4.69) is 19.9 Å². The Morgan fingerprint density at radius 1 is 1.26 bits per heavy atom. The first-order chi connectivity index (χ1) is 14.9. The molecular formula is C23H27FN6O. The molecule has 0 aromatic carbocycles. The van der Waals surface area contributed by atoms with E-state index in [9.17, 15) is 9.18 Å². The first-order valence-corrected chi connectivity index (χ1v) is 10.5. The Morgan fingerprint density at radius 2 is 2.03 bits per heavy atom. The molecule has 8 heteroatoms. The van der Waals surface area contributed by atoms with Gasteiger partial charge in [-0.3, -0.25) is 19.2 Å². The van der Waals surface area contributed by atoms with E-state index >= 15 is 0 Å². The molecule has 4 rings (SSSR count). The lowest BCUT2D eigenvalue weighted by atomic mass is 9.90. The standard InChI is InChI=1S/C23H27FN6O/c1-15-13-26-20(16(2)27-15)11-19(25)21-12-23(31)30-14-18(3-4-22(30)28-21)17-5-8-29(9-6-17)10-7-24/h3-4,11-14,17H,5-10,25H2,1-2H3. The number of nitrogens with zero attached hydrogens (tertiary/aromatic N) is 5. The Labute approximate surface area is 180 Å². The van der Waals surface area contributed by atoms with E-state index in [4.69, 9.17) is 5.73 Å². The first-order valence-electron chi connectivity index (χ1n) is 10.5. The maximum Gasteiger partial charge on any atom is 0.258 e. The minimum atomic E-state index is -0.308. The molecule has 1 aliphatic rings. The molecule has 3 aromatic heterocycles. The van der Waals surface area contributed by atoms with E-state index in [1.807, 2.05) is 32.2 Å². The molecule has 7 nitrogen and oxygen atoms in total. The number of halogens is 1. The number of fused-ring (bicyclic) bond motifs is 1. The van der Waals surface area contributed by atoms with Gasteiger partial charge >= 0.3 is 0 Å². The summed E-state index contributed by atoms with van der Waals surface area (Å²) in [6.45, 7) is 5.69. The van der Waals surface area contributed by atoms with E-state index < -0.39 is 0 Å². The van der Waals surface area contributed by atoms with Gasteiger partial charge < -0.3 is 10.6 Å².